The molecule has 0 radical (unpaired) electrons. The Balaban J connectivity index is 0.00000156. The lowest BCUT2D eigenvalue weighted by Gasteiger charge is -2.38. The van der Waals surface area contributed by atoms with Crippen molar-refractivity contribution in [2.75, 3.05) is 45.9 Å². The van der Waals surface area contributed by atoms with Gasteiger partial charge in [0, 0.05) is 38.6 Å². The fraction of sp³-hybridized carbons (Fsp3) is 0.944. The Morgan fingerprint density at radius 1 is 1.04 bits per heavy atom. The second kappa shape index (κ2) is 10.9. The highest BCUT2D eigenvalue weighted by Crippen LogP contribution is 2.39. The Bertz CT molecular complexity index is 400. The summed E-state index contributed by atoms with van der Waals surface area (Å²) in [5, 5.41) is 0. The molecule has 1 aliphatic carbocycles. The van der Waals surface area contributed by atoms with Crippen LogP contribution in [0.1, 0.15) is 51.4 Å². The number of hydrogen-bond acceptors (Lipinski definition) is 4. The zero-order valence-corrected chi connectivity index (χ0v) is 16.9. The Morgan fingerprint density at radius 3 is 2.36 bits per heavy atom. The smallest absolute Gasteiger partial charge is 0.223 e. The minimum atomic E-state index is 0. The fourth-order valence-electron chi connectivity index (χ4n) is 4.61. The highest BCUT2D eigenvalue weighted by atomic mass is 35.5. The standard InChI is InChI=1S/C18H33N3O2.2ClH/c19-15-18(6-2-1-3-7-18)13-17(22)21-8-4-5-16(21)14-20-9-11-23-12-10-20;;/h16H,1-15,19H2;2*1H. The first-order chi connectivity index (χ1) is 11.2. The van der Waals surface area contributed by atoms with Gasteiger partial charge < -0.3 is 15.4 Å². The van der Waals surface area contributed by atoms with E-state index in [1.54, 1.807) is 0 Å². The number of carbonyl (C=O) groups is 1. The highest BCUT2D eigenvalue weighted by Gasteiger charge is 2.37. The number of halogens is 2. The molecule has 5 nitrogen and oxygen atoms in total. The first-order valence-electron chi connectivity index (χ1n) is 9.52. The van der Waals surface area contributed by atoms with Crippen molar-refractivity contribution in [3.8, 4) is 0 Å². The van der Waals surface area contributed by atoms with Crippen LogP contribution in [0.15, 0.2) is 0 Å². The predicted octanol–water partition coefficient (Wildman–Crippen LogP) is 2.45. The summed E-state index contributed by atoms with van der Waals surface area (Å²) in [5.74, 6) is 0.355. The number of amides is 1. The van der Waals surface area contributed by atoms with Gasteiger partial charge in [-0.2, -0.15) is 0 Å². The average Bonchev–Trinajstić information content (AvgIpc) is 3.05. The second-order valence-corrected chi connectivity index (χ2v) is 7.74. The average molecular weight is 396 g/mol. The van der Waals surface area contributed by atoms with E-state index in [-0.39, 0.29) is 30.2 Å². The van der Waals surface area contributed by atoms with Crippen molar-refractivity contribution < 1.29 is 9.53 Å². The molecular weight excluding hydrogens is 361 g/mol. The lowest BCUT2D eigenvalue weighted by atomic mass is 9.71. The van der Waals surface area contributed by atoms with Crippen molar-refractivity contribution in [3.05, 3.63) is 0 Å². The summed E-state index contributed by atoms with van der Waals surface area (Å²) in [7, 11) is 0. The van der Waals surface area contributed by atoms with Crippen LogP contribution in [-0.2, 0) is 9.53 Å². The third-order valence-corrected chi connectivity index (χ3v) is 6.14. The molecule has 148 valence electrons. The first-order valence-corrected chi connectivity index (χ1v) is 9.52. The maximum atomic E-state index is 13.0. The second-order valence-electron chi connectivity index (χ2n) is 7.74. The normalized spacial score (nSPS) is 26.6. The summed E-state index contributed by atoms with van der Waals surface area (Å²) in [6.07, 6.45) is 9.02. The lowest BCUT2D eigenvalue weighted by Crippen LogP contribution is -2.48. The Hall–Kier alpha value is -0.0700. The molecule has 1 amide bonds. The molecule has 0 spiro atoms. The van der Waals surface area contributed by atoms with Crippen LogP contribution < -0.4 is 5.73 Å². The van der Waals surface area contributed by atoms with Gasteiger partial charge in [0.25, 0.3) is 0 Å². The van der Waals surface area contributed by atoms with Crippen LogP contribution in [0.2, 0.25) is 0 Å². The largest absolute Gasteiger partial charge is 0.379 e. The van der Waals surface area contributed by atoms with Crippen molar-refractivity contribution in [3.63, 3.8) is 0 Å². The van der Waals surface area contributed by atoms with Crippen LogP contribution in [-0.4, -0.2) is 67.7 Å². The van der Waals surface area contributed by atoms with Crippen LogP contribution in [0.5, 0.6) is 0 Å². The molecule has 1 saturated carbocycles. The molecule has 1 unspecified atom stereocenters. The van der Waals surface area contributed by atoms with Gasteiger partial charge in [0.1, 0.15) is 0 Å². The fourth-order valence-corrected chi connectivity index (χ4v) is 4.61. The third kappa shape index (κ3) is 5.96. The number of hydrogen-bond donors (Lipinski definition) is 1. The van der Waals surface area contributed by atoms with Crippen LogP contribution in [0.4, 0.5) is 0 Å². The molecule has 2 N–H and O–H groups in total. The highest BCUT2D eigenvalue weighted by molar-refractivity contribution is 5.85. The predicted molar refractivity (Wildman–Crippen MR) is 106 cm³/mol. The van der Waals surface area contributed by atoms with E-state index >= 15 is 0 Å². The monoisotopic (exact) mass is 395 g/mol. The summed E-state index contributed by atoms with van der Waals surface area (Å²) < 4.78 is 5.43. The molecule has 3 fully saturated rings. The molecule has 2 saturated heterocycles. The number of rotatable bonds is 5. The summed E-state index contributed by atoms with van der Waals surface area (Å²) >= 11 is 0. The number of morpholine rings is 1. The van der Waals surface area contributed by atoms with Gasteiger partial charge in [-0.15, -0.1) is 24.8 Å². The van der Waals surface area contributed by atoms with E-state index in [0.29, 0.717) is 24.9 Å². The van der Waals surface area contributed by atoms with E-state index < -0.39 is 0 Å². The molecule has 3 rings (SSSR count). The minimum absolute atomic E-state index is 0. The van der Waals surface area contributed by atoms with E-state index in [2.05, 4.69) is 9.80 Å². The summed E-state index contributed by atoms with van der Waals surface area (Å²) in [5.41, 5.74) is 6.16. The van der Waals surface area contributed by atoms with Crippen molar-refractivity contribution >= 4 is 30.7 Å². The number of nitrogens with zero attached hydrogens (tertiary/aromatic N) is 2. The number of nitrogens with two attached hydrogens (primary N) is 1. The van der Waals surface area contributed by atoms with Crippen molar-refractivity contribution in [1.29, 1.82) is 0 Å². The van der Waals surface area contributed by atoms with Crippen LogP contribution in [0.25, 0.3) is 0 Å². The molecule has 2 heterocycles. The van der Waals surface area contributed by atoms with Crippen molar-refractivity contribution in [2.45, 2.75) is 57.4 Å². The Kier molecular flexibility index (Phi) is 10.0. The van der Waals surface area contributed by atoms with Gasteiger partial charge in [-0.25, -0.2) is 0 Å². The number of carbonyl (C=O) groups excluding carboxylic acids is 1. The van der Waals surface area contributed by atoms with E-state index in [0.717, 1.165) is 65.1 Å². The zero-order valence-electron chi connectivity index (χ0n) is 15.3. The topological polar surface area (TPSA) is 58.8 Å². The molecule has 0 aromatic heterocycles. The Morgan fingerprint density at radius 2 is 1.72 bits per heavy atom. The zero-order chi connectivity index (χ0) is 16.1. The summed E-state index contributed by atoms with van der Waals surface area (Å²) in [6, 6.07) is 0.402. The summed E-state index contributed by atoms with van der Waals surface area (Å²) in [4.78, 5) is 17.6. The third-order valence-electron chi connectivity index (χ3n) is 6.14. The molecule has 0 bridgehead atoms. The van der Waals surface area contributed by atoms with E-state index in [9.17, 15) is 4.79 Å². The van der Waals surface area contributed by atoms with Gasteiger partial charge in [0.15, 0.2) is 0 Å². The van der Waals surface area contributed by atoms with Crippen LogP contribution in [0, 0.1) is 5.41 Å². The van der Waals surface area contributed by atoms with Gasteiger partial charge in [0.05, 0.1) is 13.2 Å². The number of likely N-dealkylation sites (tertiary alicyclic amines) is 1. The van der Waals surface area contributed by atoms with Gasteiger partial charge in [-0.05, 0) is 37.6 Å². The van der Waals surface area contributed by atoms with Crippen LogP contribution in [0.3, 0.4) is 0 Å². The molecule has 0 aromatic rings. The number of ether oxygens (including phenoxy) is 1. The molecule has 3 aliphatic rings. The van der Waals surface area contributed by atoms with E-state index in [4.69, 9.17) is 10.5 Å². The van der Waals surface area contributed by atoms with E-state index in [1.807, 2.05) is 0 Å². The molecule has 25 heavy (non-hydrogen) atoms. The Labute approximate surface area is 164 Å². The SMILES string of the molecule is Cl.Cl.NCC1(CC(=O)N2CCCC2CN2CCOCC2)CCCCC1. The minimum Gasteiger partial charge on any atom is -0.379 e. The molecule has 1 atom stereocenters. The first kappa shape index (κ1) is 23.0. The molecule has 2 aliphatic heterocycles. The van der Waals surface area contributed by atoms with Gasteiger partial charge >= 0.3 is 0 Å². The maximum absolute atomic E-state index is 13.0. The maximum Gasteiger partial charge on any atom is 0.223 e. The van der Waals surface area contributed by atoms with Gasteiger partial charge in [-0.3, -0.25) is 9.69 Å². The lowest BCUT2D eigenvalue weighted by molar-refractivity contribution is -0.135. The van der Waals surface area contributed by atoms with Crippen molar-refractivity contribution in [1.82, 2.24) is 9.80 Å². The van der Waals surface area contributed by atoms with Gasteiger partial charge in [0.2, 0.25) is 5.91 Å². The summed E-state index contributed by atoms with van der Waals surface area (Å²) in [6.45, 7) is 6.30. The molecule has 7 heteroatoms. The van der Waals surface area contributed by atoms with Crippen molar-refractivity contribution in [2.24, 2.45) is 11.1 Å². The van der Waals surface area contributed by atoms with E-state index in [1.165, 1.54) is 19.3 Å². The quantitative estimate of drug-likeness (QED) is 0.776. The van der Waals surface area contributed by atoms with Crippen LogP contribution >= 0.6 is 24.8 Å². The van der Waals surface area contributed by atoms with Gasteiger partial charge in [-0.1, -0.05) is 19.3 Å². The molecule has 0 aromatic carbocycles. The molecular formula is C18H35Cl2N3O2.